The van der Waals surface area contributed by atoms with Crippen molar-refractivity contribution in [1.29, 1.82) is 0 Å². The first-order chi connectivity index (χ1) is 15.1. The molecule has 31 heavy (non-hydrogen) atoms. The second-order valence-electron chi connectivity index (χ2n) is 8.70. The van der Waals surface area contributed by atoms with Gasteiger partial charge in [0.2, 0.25) is 0 Å². The van der Waals surface area contributed by atoms with E-state index in [9.17, 15) is 9.59 Å². The first-order valence-electron chi connectivity index (χ1n) is 12.3. The minimum absolute atomic E-state index is 0.134. The Labute approximate surface area is 188 Å². The van der Waals surface area contributed by atoms with E-state index in [1.807, 2.05) is 6.92 Å². The Morgan fingerprint density at radius 3 is 1.90 bits per heavy atom. The van der Waals surface area contributed by atoms with E-state index < -0.39 is 0 Å². The van der Waals surface area contributed by atoms with E-state index in [-0.39, 0.29) is 11.9 Å². The fourth-order valence-corrected chi connectivity index (χ4v) is 4.27. The molecule has 1 unspecified atom stereocenters. The van der Waals surface area contributed by atoms with Crippen molar-refractivity contribution >= 4 is 11.9 Å². The summed E-state index contributed by atoms with van der Waals surface area (Å²) in [6.07, 6.45) is 14.7. The SMILES string of the molecule is CCC(=O)OCCCOC1CC=C(CC2CCC(OCCCOC(=O)CC)CC2)CC1. The van der Waals surface area contributed by atoms with Crippen LogP contribution in [0.2, 0.25) is 0 Å². The Hall–Kier alpha value is -1.40. The van der Waals surface area contributed by atoms with Crippen LogP contribution in [0.3, 0.4) is 0 Å². The lowest BCUT2D eigenvalue weighted by Crippen LogP contribution is -2.23. The third kappa shape index (κ3) is 11.2. The van der Waals surface area contributed by atoms with Crippen molar-refractivity contribution in [2.75, 3.05) is 26.4 Å². The van der Waals surface area contributed by atoms with Crippen LogP contribution in [0.5, 0.6) is 0 Å². The summed E-state index contributed by atoms with van der Waals surface area (Å²) in [4.78, 5) is 22.2. The highest BCUT2D eigenvalue weighted by Crippen LogP contribution is 2.34. The third-order valence-electron chi connectivity index (χ3n) is 6.19. The summed E-state index contributed by atoms with van der Waals surface area (Å²) in [5.41, 5.74) is 1.60. The zero-order chi connectivity index (χ0) is 22.3. The predicted octanol–water partition coefficient (Wildman–Crippen LogP) is 5.13. The van der Waals surface area contributed by atoms with Crippen molar-refractivity contribution < 1.29 is 28.5 Å². The highest BCUT2D eigenvalue weighted by molar-refractivity contribution is 5.69. The number of ether oxygens (including phenoxy) is 4. The molecule has 178 valence electrons. The molecule has 1 atom stereocenters. The van der Waals surface area contributed by atoms with E-state index in [1.54, 1.807) is 12.5 Å². The zero-order valence-electron chi connectivity index (χ0n) is 19.6. The van der Waals surface area contributed by atoms with Crippen LogP contribution < -0.4 is 0 Å². The summed E-state index contributed by atoms with van der Waals surface area (Å²) >= 11 is 0. The number of allylic oxidation sites excluding steroid dienone is 1. The molecule has 2 aliphatic carbocycles. The first kappa shape index (κ1) is 25.9. The highest BCUT2D eigenvalue weighted by atomic mass is 16.5. The van der Waals surface area contributed by atoms with Gasteiger partial charge in [-0.05, 0) is 57.3 Å². The van der Waals surface area contributed by atoms with Crippen molar-refractivity contribution in [2.24, 2.45) is 5.92 Å². The molecular weight excluding hydrogens is 396 g/mol. The second kappa shape index (κ2) is 15.4. The Balaban J connectivity index is 1.50. The number of carbonyl (C=O) groups is 2. The molecule has 2 aliphatic rings. The Kier molecular flexibility index (Phi) is 12.9. The van der Waals surface area contributed by atoms with Gasteiger partial charge in [0.15, 0.2) is 0 Å². The third-order valence-corrected chi connectivity index (χ3v) is 6.19. The van der Waals surface area contributed by atoms with Crippen LogP contribution in [0.1, 0.15) is 90.9 Å². The molecule has 1 fully saturated rings. The smallest absolute Gasteiger partial charge is 0.305 e. The van der Waals surface area contributed by atoms with Gasteiger partial charge in [0, 0.05) is 25.7 Å². The van der Waals surface area contributed by atoms with Gasteiger partial charge >= 0.3 is 11.9 Å². The zero-order valence-corrected chi connectivity index (χ0v) is 19.6. The van der Waals surface area contributed by atoms with Crippen LogP contribution in [0.4, 0.5) is 0 Å². The van der Waals surface area contributed by atoms with Crippen LogP contribution in [-0.4, -0.2) is 50.6 Å². The van der Waals surface area contributed by atoms with Crippen molar-refractivity contribution in [3.05, 3.63) is 11.6 Å². The van der Waals surface area contributed by atoms with Gasteiger partial charge in [-0.1, -0.05) is 25.5 Å². The largest absolute Gasteiger partial charge is 0.466 e. The predicted molar refractivity (Wildman–Crippen MR) is 120 cm³/mol. The first-order valence-corrected chi connectivity index (χ1v) is 12.3. The van der Waals surface area contributed by atoms with E-state index in [1.165, 1.54) is 19.3 Å². The number of esters is 2. The van der Waals surface area contributed by atoms with Crippen molar-refractivity contribution in [3.8, 4) is 0 Å². The Morgan fingerprint density at radius 2 is 1.39 bits per heavy atom. The summed E-state index contributed by atoms with van der Waals surface area (Å²) in [7, 11) is 0. The van der Waals surface area contributed by atoms with Crippen LogP contribution >= 0.6 is 0 Å². The fraction of sp³-hybridized carbons (Fsp3) is 0.840. The quantitative estimate of drug-likeness (QED) is 0.213. The summed E-state index contributed by atoms with van der Waals surface area (Å²) in [5.74, 6) is 0.507. The fourth-order valence-electron chi connectivity index (χ4n) is 4.27. The van der Waals surface area contributed by atoms with Crippen molar-refractivity contribution in [2.45, 2.75) is 103 Å². The van der Waals surface area contributed by atoms with Gasteiger partial charge in [0.1, 0.15) is 0 Å². The lowest BCUT2D eigenvalue weighted by atomic mass is 9.81. The molecule has 6 nitrogen and oxygen atoms in total. The van der Waals surface area contributed by atoms with Gasteiger partial charge in [-0.15, -0.1) is 0 Å². The number of hydrogen-bond acceptors (Lipinski definition) is 6. The molecule has 0 radical (unpaired) electrons. The summed E-state index contributed by atoms with van der Waals surface area (Å²) in [6.45, 7) is 5.88. The standard InChI is InChI=1S/C25H42O6/c1-3-24(26)30-17-5-15-28-22-11-7-20(8-12-22)19-21-9-13-23(14-10-21)29-16-6-18-31-25(27)4-2/h7,21-23H,3-6,8-19H2,1-2H3. The topological polar surface area (TPSA) is 71.1 Å². The Morgan fingerprint density at radius 1 is 0.806 bits per heavy atom. The highest BCUT2D eigenvalue weighted by Gasteiger charge is 2.24. The molecule has 0 saturated heterocycles. The maximum absolute atomic E-state index is 11.1. The summed E-state index contributed by atoms with van der Waals surface area (Å²) in [6, 6.07) is 0. The van der Waals surface area contributed by atoms with Gasteiger partial charge in [0.05, 0.1) is 38.6 Å². The summed E-state index contributed by atoms with van der Waals surface area (Å²) < 4.78 is 22.1. The molecular formula is C25H42O6. The number of hydrogen-bond donors (Lipinski definition) is 0. The molecule has 0 bridgehead atoms. The minimum Gasteiger partial charge on any atom is -0.466 e. The van der Waals surface area contributed by atoms with Crippen LogP contribution in [0.25, 0.3) is 0 Å². The van der Waals surface area contributed by atoms with Crippen molar-refractivity contribution in [3.63, 3.8) is 0 Å². The average molecular weight is 439 g/mol. The van der Waals surface area contributed by atoms with Gasteiger partial charge in [-0.25, -0.2) is 0 Å². The van der Waals surface area contributed by atoms with E-state index in [0.717, 1.165) is 50.9 Å². The van der Waals surface area contributed by atoms with Crippen LogP contribution in [-0.2, 0) is 28.5 Å². The molecule has 0 aliphatic heterocycles. The van der Waals surface area contributed by atoms with Gasteiger partial charge in [-0.2, -0.15) is 0 Å². The molecule has 0 aromatic heterocycles. The minimum atomic E-state index is -0.138. The van der Waals surface area contributed by atoms with Crippen molar-refractivity contribution in [1.82, 2.24) is 0 Å². The van der Waals surface area contributed by atoms with E-state index in [4.69, 9.17) is 18.9 Å². The lowest BCUT2D eigenvalue weighted by Gasteiger charge is -2.30. The maximum Gasteiger partial charge on any atom is 0.305 e. The lowest BCUT2D eigenvalue weighted by molar-refractivity contribution is -0.144. The van der Waals surface area contributed by atoms with Gasteiger partial charge in [-0.3, -0.25) is 9.59 Å². The Bertz CT molecular complexity index is 550. The van der Waals surface area contributed by atoms with E-state index >= 15 is 0 Å². The molecule has 0 N–H and O–H groups in total. The molecule has 0 aromatic carbocycles. The van der Waals surface area contributed by atoms with Gasteiger partial charge in [0.25, 0.3) is 0 Å². The molecule has 0 aromatic rings. The molecule has 0 heterocycles. The molecule has 6 heteroatoms. The van der Waals surface area contributed by atoms with Crippen LogP contribution in [0, 0.1) is 5.92 Å². The molecule has 2 rings (SSSR count). The molecule has 0 amide bonds. The normalized spacial score (nSPS) is 23.8. The monoisotopic (exact) mass is 438 g/mol. The number of carbonyl (C=O) groups excluding carboxylic acids is 2. The second-order valence-corrected chi connectivity index (χ2v) is 8.70. The molecule has 1 saturated carbocycles. The van der Waals surface area contributed by atoms with Gasteiger partial charge < -0.3 is 18.9 Å². The van der Waals surface area contributed by atoms with E-state index in [2.05, 4.69) is 6.08 Å². The van der Waals surface area contributed by atoms with E-state index in [0.29, 0.717) is 51.5 Å². The molecule has 0 spiro atoms. The number of rotatable bonds is 14. The average Bonchev–Trinajstić information content (AvgIpc) is 2.80. The summed E-state index contributed by atoms with van der Waals surface area (Å²) in [5, 5.41) is 0. The van der Waals surface area contributed by atoms with Crippen LogP contribution in [0.15, 0.2) is 11.6 Å². The maximum atomic E-state index is 11.1.